The number of anilines is 1. The summed E-state index contributed by atoms with van der Waals surface area (Å²) in [6.07, 6.45) is 0.136. The molecule has 1 amide bonds. The lowest BCUT2D eigenvalue weighted by atomic mass is 9.93. The summed E-state index contributed by atoms with van der Waals surface area (Å²) in [5, 5.41) is 15.0. The van der Waals surface area contributed by atoms with Crippen molar-refractivity contribution in [1.82, 2.24) is 4.98 Å². The van der Waals surface area contributed by atoms with Crippen LogP contribution in [0.4, 0.5) is 5.13 Å². The molecule has 0 radical (unpaired) electrons. The average molecular weight is 290 g/mol. The van der Waals surface area contributed by atoms with E-state index in [1.54, 1.807) is 24.3 Å². The summed E-state index contributed by atoms with van der Waals surface area (Å²) in [7, 11) is 0. The number of hydrogen-bond acceptors (Lipinski definition) is 4. The van der Waals surface area contributed by atoms with E-state index in [1.165, 1.54) is 11.3 Å². The Bertz CT molecular complexity index is 614. The number of hydrogen-bond donors (Lipinski definition) is 2. The number of phenolic OH excluding ortho intramolecular Hbond substituents is 1. The highest BCUT2D eigenvalue weighted by Crippen LogP contribution is 2.26. The third kappa shape index (κ3) is 3.57. The summed E-state index contributed by atoms with van der Waals surface area (Å²) in [6, 6.07) is 6.83. The van der Waals surface area contributed by atoms with Crippen molar-refractivity contribution < 1.29 is 9.90 Å². The fourth-order valence-corrected chi connectivity index (χ4v) is 2.63. The number of thiazole rings is 1. The first-order valence-electron chi connectivity index (χ1n) is 6.39. The van der Waals surface area contributed by atoms with Gasteiger partial charge in [0.25, 0.3) is 0 Å². The largest absolute Gasteiger partial charge is 0.508 e. The Hall–Kier alpha value is -1.88. The average Bonchev–Trinajstić information content (AvgIpc) is 2.80. The Balaban J connectivity index is 2.02. The number of nitrogens with zero attached hydrogens (tertiary/aromatic N) is 1. The number of aromatic nitrogens is 1. The number of para-hydroxylation sites is 1. The second kappa shape index (κ2) is 5.63. The predicted molar refractivity (Wildman–Crippen MR) is 81.3 cm³/mol. The van der Waals surface area contributed by atoms with Crippen LogP contribution in [-0.2, 0) is 16.6 Å². The number of phenols is 1. The topological polar surface area (TPSA) is 62.2 Å². The van der Waals surface area contributed by atoms with E-state index >= 15 is 0 Å². The standard InChI is InChI=1S/C15H18N2O2S/c1-15(2,3)12-9-20-14(16-12)17-13(19)8-10-6-4-5-7-11(10)18/h4-7,9,18H,8H2,1-3H3,(H,16,17,19). The van der Waals surface area contributed by atoms with Crippen molar-refractivity contribution >= 4 is 22.4 Å². The number of nitrogens with one attached hydrogen (secondary N) is 1. The van der Waals surface area contributed by atoms with Crippen molar-refractivity contribution in [2.75, 3.05) is 5.32 Å². The third-order valence-electron chi connectivity index (χ3n) is 2.86. The molecule has 0 spiro atoms. The number of aromatic hydroxyl groups is 1. The minimum absolute atomic E-state index is 0.0306. The second-order valence-corrected chi connectivity index (χ2v) is 6.50. The molecule has 2 N–H and O–H groups in total. The van der Waals surface area contributed by atoms with Gasteiger partial charge in [-0.15, -0.1) is 11.3 Å². The molecular formula is C15H18N2O2S. The Morgan fingerprint density at radius 3 is 2.65 bits per heavy atom. The van der Waals surface area contributed by atoms with Gasteiger partial charge in [0.2, 0.25) is 5.91 Å². The van der Waals surface area contributed by atoms with Crippen molar-refractivity contribution in [3.05, 3.63) is 40.9 Å². The van der Waals surface area contributed by atoms with Gasteiger partial charge in [-0.1, -0.05) is 39.0 Å². The first kappa shape index (κ1) is 14.5. The molecule has 0 fully saturated rings. The highest BCUT2D eigenvalue weighted by atomic mass is 32.1. The van der Waals surface area contributed by atoms with E-state index in [2.05, 4.69) is 31.1 Å². The first-order chi connectivity index (χ1) is 9.36. The Morgan fingerprint density at radius 1 is 1.35 bits per heavy atom. The molecule has 20 heavy (non-hydrogen) atoms. The molecule has 0 saturated heterocycles. The minimum atomic E-state index is -0.179. The SMILES string of the molecule is CC(C)(C)c1csc(NC(=O)Cc2ccccc2O)n1. The van der Waals surface area contributed by atoms with Crippen LogP contribution in [0.5, 0.6) is 5.75 Å². The summed E-state index contributed by atoms with van der Waals surface area (Å²) in [6.45, 7) is 6.24. The van der Waals surface area contributed by atoms with Crippen LogP contribution < -0.4 is 5.32 Å². The monoisotopic (exact) mass is 290 g/mol. The van der Waals surface area contributed by atoms with Crippen molar-refractivity contribution in [3.8, 4) is 5.75 Å². The number of benzene rings is 1. The molecule has 0 bridgehead atoms. The number of amides is 1. The van der Waals surface area contributed by atoms with Crippen LogP contribution in [-0.4, -0.2) is 16.0 Å². The molecule has 106 valence electrons. The minimum Gasteiger partial charge on any atom is -0.508 e. The molecule has 0 aliphatic heterocycles. The highest BCUT2D eigenvalue weighted by Gasteiger charge is 2.18. The van der Waals surface area contributed by atoms with Gasteiger partial charge in [0.05, 0.1) is 12.1 Å². The van der Waals surface area contributed by atoms with Gasteiger partial charge in [0, 0.05) is 16.4 Å². The molecule has 1 aromatic carbocycles. The van der Waals surface area contributed by atoms with E-state index < -0.39 is 0 Å². The van der Waals surface area contributed by atoms with Gasteiger partial charge >= 0.3 is 0 Å². The molecular weight excluding hydrogens is 272 g/mol. The normalized spacial score (nSPS) is 11.3. The summed E-state index contributed by atoms with van der Waals surface area (Å²) < 4.78 is 0. The van der Waals surface area contributed by atoms with Crippen LogP contribution >= 0.6 is 11.3 Å². The van der Waals surface area contributed by atoms with Gasteiger partial charge in [0.15, 0.2) is 5.13 Å². The number of rotatable bonds is 3. The maximum Gasteiger partial charge on any atom is 0.230 e. The van der Waals surface area contributed by atoms with Crippen molar-refractivity contribution in [1.29, 1.82) is 0 Å². The van der Waals surface area contributed by atoms with Gasteiger partial charge in [0.1, 0.15) is 5.75 Å². The fourth-order valence-electron chi connectivity index (χ4n) is 1.67. The van der Waals surface area contributed by atoms with Crippen LogP contribution in [0.15, 0.2) is 29.6 Å². The van der Waals surface area contributed by atoms with Crippen LogP contribution in [0.25, 0.3) is 0 Å². The summed E-state index contributed by atoms with van der Waals surface area (Å²) >= 11 is 1.41. The molecule has 5 heteroatoms. The maximum atomic E-state index is 11.9. The highest BCUT2D eigenvalue weighted by molar-refractivity contribution is 7.13. The number of carbonyl (C=O) groups is 1. The molecule has 1 aromatic heterocycles. The Labute approximate surface area is 122 Å². The van der Waals surface area contributed by atoms with Crippen molar-refractivity contribution in [3.63, 3.8) is 0 Å². The number of carbonyl (C=O) groups excluding carboxylic acids is 1. The predicted octanol–water partition coefficient (Wildman–Crippen LogP) is 3.33. The van der Waals surface area contributed by atoms with E-state index in [1.807, 2.05) is 5.38 Å². The molecule has 4 nitrogen and oxygen atoms in total. The van der Waals surface area contributed by atoms with Crippen molar-refractivity contribution in [2.45, 2.75) is 32.6 Å². The maximum absolute atomic E-state index is 11.9. The molecule has 2 rings (SSSR count). The second-order valence-electron chi connectivity index (χ2n) is 5.64. The zero-order valence-corrected chi connectivity index (χ0v) is 12.6. The lowest BCUT2D eigenvalue weighted by molar-refractivity contribution is -0.115. The van der Waals surface area contributed by atoms with Crippen LogP contribution in [0.1, 0.15) is 32.0 Å². The van der Waals surface area contributed by atoms with Crippen LogP contribution in [0.3, 0.4) is 0 Å². The molecule has 1 heterocycles. The smallest absolute Gasteiger partial charge is 0.230 e. The van der Waals surface area contributed by atoms with Crippen LogP contribution in [0, 0.1) is 0 Å². The Kier molecular flexibility index (Phi) is 4.09. The Morgan fingerprint density at radius 2 is 2.05 bits per heavy atom. The first-order valence-corrected chi connectivity index (χ1v) is 7.27. The lowest BCUT2D eigenvalue weighted by Gasteiger charge is -2.14. The third-order valence-corrected chi connectivity index (χ3v) is 3.62. The van der Waals surface area contributed by atoms with Gasteiger partial charge in [-0.3, -0.25) is 4.79 Å². The van der Waals surface area contributed by atoms with Gasteiger partial charge in [-0.25, -0.2) is 4.98 Å². The molecule has 0 aliphatic rings. The molecule has 0 atom stereocenters. The molecule has 0 saturated carbocycles. The zero-order chi connectivity index (χ0) is 14.8. The van der Waals surface area contributed by atoms with Gasteiger partial charge in [-0.2, -0.15) is 0 Å². The van der Waals surface area contributed by atoms with E-state index in [0.29, 0.717) is 10.7 Å². The summed E-state index contributed by atoms with van der Waals surface area (Å²) in [5.41, 5.74) is 1.54. The van der Waals surface area contributed by atoms with Gasteiger partial charge < -0.3 is 10.4 Å². The van der Waals surface area contributed by atoms with Gasteiger partial charge in [-0.05, 0) is 6.07 Å². The molecule has 0 aliphatic carbocycles. The molecule has 0 unspecified atom stereocenters. The van der Waals surface area contributed by atoms with E-state index in [0.717, 1.165) is 5.69 Å². The summed E-state index contributed by atoms with van der Waals surface area (Å²) in [4.78, 5) is 16.3. The van der Waals surface area contributed by atoms with Crippen LogP contribution in [0.2, 0.25) is 0 Å². The lowest BCUT2D eigenvalue weighted by Crippen LogP contribution is -2.15. The zero-order valence-electron chi connectivity index (χ0n) is 11.8. The van der Waals surface area contributed by atoms with Crippen molar-refractivity contribution in [2.24, 2.45) is 0 Å². The fraction of sp³-hybridized carbons (Fsp3) is 0.333. The van der Waals surface area contributed by atoms with E-state index in [-0.39, 0.29) is 23.5 Å². The van der Waals surface area contributed by atoms with E-state index in [9.17, 15) is 9.90 Å². The molecule has 2 aromatic rings. The quantitative estimate of drug-likeness (QED) is 0.911. The van der Waals surface area contributed by atoms with E-state index in [4.69, 9.17) is 0 Å². The summed E-state index contributed by atoms with van der Waals surface area (Å²) in [5.74, 6) is -0.0431.